The van der Waals surface area contributed by atoms with Gasteiger partial charge in [-0.25, -0.2) is 25.8 Å². The number of anilines is 1. The minimum Gasteiger partial charge on any atom is -0.308 e. The van der Waals surface area contributed by atoms with Crippen LogP contribution in [-0.2, 0) is 0 Å². The average Bonchev–Trinajstić information content (AvgIpc) is 2.36. The topological polar surface area (TPSA) is 89.6 Å². The number of aryl methyl sites for hydroxylation is 2. The minimum atomic E-state index is 0.622. The molecule has 0 spiro atoms. The Hall–Kier alpha value is -1.73. The van der Waals surface area contributed by atoms with E-state index in [1.54, 1.807) is 12.4 Å². The van der Waals surface area contributed by atoms with E-state index in [2.05, 4.69) is 25.4 Å². The summed E-state index contributed by atoms with van der Waals surface area (Å²) in [6.07, 6.45) is 3.56. The molecule has 0 saturated heterocycles. The van der Waals surface area contributed by atoms with E-state index >= 15 is 0 Å². The van der Waals surface area contributed by atoms with Gasteiger partial charge in [-0.3, -0.25) is 0 Å². The maximum atomic E-state index is 5.42. The third-order valence-corrected chi connectivity index (χ3v) is 3.28. The Morgan fingerprint density at radius 2 is 1.78 bits per heavy atom. The fourth-order valence-electron chi connectivity index (χ4n) is 1.36. The summed E-state index contributed by atoms with van der Waals surface area (Å²) in [5.41, 5.74) is 4.48. The molecule has 0 radical (unpaired) electrons. The predicted molar refractivity (Wildman–Crippen MR) is 70.2 cm³/mol. The first-order chi connectivity index (χ1) is 8.60. The lowest BCUT2D eigenvalue weighted by Crippen LogP contribution is -2.12. The van der Waals surface area contributed by atoms with Gasteiger partial charge in [-0.2, -0.15) is 0 Å². The van der Waals surface area contributed by atoms with Gasteiger partial charge in [-0.1, -0.05) is 0 Å². The van der Waals surface area contributed by atoms with Crippen molar-refractivity contribution < 1.29 is 0 Å². The Morgan fingerprint density at radius 3 is 2.39 bits per heavy atom. The Bertz CT molecular complexity index is 554. The summed E-state index contributed by atoms with van der Waals surface area (Å²) >= 11 is 1.40. The van der Waals surface area contributed by atoms with Crippen LogP contribution in [0.15, 0.2) is 22.6 Å². The van der Waals surface area contributed by atoms with Crippen molar-refractivity contribution in [3.05, 3.63) is 29.3 Å². The molecule has 2 aromatic rings. The first-order valence-electron chi connectivity index (χ1n) is 5.38. The van der Waals surface area contributed by atoms with Gasteiger partial charge in [0, 0.05) is 18.0 Å². The summed E-state index contributed by atoms with van der Waals surface area (Å²) in [5, 5.41) is 1.46. The zero-order valence-electron chi connectivity index (χ0n) is 10.4. The predicted octanol–water partition coefficient (Wildman–Crippen LogP) is 1.63. The van der Waals surface area contributed by atoms with Crippen molar-refractivity contribution in [1.82, 2.24) is 19.9 Å². The number of nitrogens with zero attached hydrogens (tertiary/aromatic N) is 4. The number of rotatable bonds is 3. The average molecular weight is 262 g/mol. The zero-order chi connectivity index (χ0) is 13.1. The monoisotopic (exact) mass is 262 g/mol. The van der Waals surface area contributed by atoms with Crippen molar-refractivity contribution in [1.29, 1.82) is 0 Å². The first-order valence-corrected chi connectivity index (χ1v) is 6.20. The number of nitrogens with two attached hydrogens (primary N) is 1. The van der Waals surface area contributed by atoms with E-state index in [4.69, 9.17) is 5.84 Å². The summed E-state index contributed by atoms with van der Waals surface area (Å²) < 4.78 is 0. The van der Waals surface area contributed by atoms with E-state index in [1.165, 1.54) is 11.8 Å². The normalized spacial score (nSPS) is 10.4. The molecule has 0 aromatic carbocycles. The lowest BCUT2D eigenvalue weighted by molar-refractivity contribution is 0.912. The first kappa shape index (κ1) is 12.7. The van der Waals surface area contributed by atoms with Crippen molar-refractivity contribution in [2.45, 2.75) is 31.0 Å². The van der Waals surface area contributed by atoms with Gasteiger partial charge < -0.3 is 5.43 Å². The van der Waals surface area contributed by atoms with Gasteiger partial charge in [0.25, 0.3) is 0 Å². The van der Waals surface area contributed by atoms with Crippen LogP contribution in [-0.4, -0.2) is 19.9 Å². The Morgan fingerprint density at radius 1 is 1.11 bits per heavy atom. The van der Waals surface area contributed by atoms with Crippen molar-refractivity contribution in [2.24, 2.45) is 5.84 Å². The van der Waals surface area contributed by atoms with Crippen LogP contribution in [0, 0.1) is 20.8 Å². The van der Waals surface area contributed by atoms with Gasteiger partial charge >= 0.3 is 0 Å². The number of nitrogen functional groups attached to an aromatic ring is 1. The zero-order valence-corrected chi connectivity index (χ0v) is 11.2. The Balaban J connectivity index is 2.34. The molecular weight excluding hydrogens is 248 g/mol. The van der Waals surface area contributed by atoms with Crippen LogP contribution in [0.1, 0.15) is 17.0 Å². The van der Waals surface area contributed by atoms with Crippen molar-refractivity contribution in [2.75, 3.05) is 5.43 Å². The SMILES string of the molecule is Cc1cnc(Sc2nc(C)nc(NN)c2C)nc1. The van der Waals surface area contributed by atoms with E-state index in [0.29, 0.717) is 16.8 Å². The van der Waals surface area contributed by atoms with E-state index in [9.17, 15) is 0 Å². The maximum Gasteiger partial charge on any atom is 0.193 e. The molecule has 7 heteroatoms. The lowest BCUT2D eigenvalue weighted by Gasteiger charge is -2.09. The van der Waals surface area contributed by atoms with Crippen molar-refractivity contribution >= 4 is 17.6 Å². The third kappa shape index (κ3) is 2.74. The molecule has 0 aliphatic carbocycles. The summed E-state index contributed by atoms with van der Waals surface area (Å²) in [4.78, 5) is 17.1. The minimum absolute atomic E-state index is 0.622. The number of hydrazine groups is 1. The standard InChI is InChI=1S/C11H14N6S/c1-6-4-13-11(14-5-6)18-10-7(2)9(17-12)15-8(3)16-10/h4-5H,12H2,1-3H3,(H,15,16,17). The van der Waals surface area contributed by atoms with E-state index in [1.807, 2.05) is 20.8 Å². The fraction of sp³-hybridized carbons (Fsp3) is 0.273. The lowest BCUT2D eigenvalue weighted by atomic mass is 10.3. The Kier molecular flexibility index (Phi) is 3.73. The summed E-state index contributed by atoms with van der Waals surface area (Å²) in [7, 11) is 0. The van der Waals surface area contributed by atoms with Crippen LogP contribution in [0.25, 0.3) is 0 Å². The molecule has 0 aliphatic rings. The molecule has 94 valence electrons. The molecule has 2 rings (SSSR count). The summed E-state index contributed by atoms with van der Waals surface area (Å²) in [5.74, 6) is 6.70. The van der Waals surface area contributed by atoms with Gasteiger partial charge in [-0.15, -0.1) is 0 Å². The smallest absolute Gasteiger partial charge is 0.193 e. The molecular formula is C11H14N6S. The van der Waals surface area contributed by atoms with Gasteiger partial charge in [0.2, 0.25) is 0 Å². The van der Waals surface area contributed by atoms with Gasteiger partial charge in [-0.05, 0) is 38.1 Å². The van der Waals surface area contributed by atoms with E-state index in [0.717, 1.165) is 16.2 Å². The van der Waals surface area contributed by atoms with Crippen LogP contribution < -0.4 is 11.3 Å². The van der Waals surface area contributed by atoms with E-state index in [-0.39, 0.29) is 0 Å². The van der Waals surface area contributed by atoms with Crippen LogP contribution in [0.3, 0.4) is 0 Å². The third-order valence-electron chi connectivity index (χ3n) is 2.29. The van der Waals surface area contributed by atoms with Crippen LogP contribution in [0.5, 0.6) is 0 Å². The largest absolute Gasteiger partial charge is 0.308 e. The van der Waals surface area contributed by atoms with Gasteiger partial charge in [0.1, 0.15) is 16.7 Å². The molecule has 0 fully saturated rings. The number of nitrogens with one attached hydrogen (secondary N) is 1. The second kappa shape index (κ2) is 5.28. The highest BCUT2D eigenvalue weighted by Gasteiger charge is 2.11. The highest BCUT2D eigenvalue weighted by atomic mass is 32.2. The quantitative estimate of drug-likeness (QED) is 0.376. The van der Waals surface area contributed by atoms with Crippen molar-refractivity contribution in [3.8, 4) is 0 Å². The van der Waals surface area contributed by atoms with Crippen LogP contribution >= 0.6 is 11.8 Å². The molecule has 0 amide bonds. The van der Waals surface area contributed by atoms with Gasteiger partial charge in [0.15, 0.2) is 5.16 Å². The second-order valence-corrected chi connectivity index (χ2v) is 4.79. The van der Waals surface area contributed by atoms with E-state index < -0.39 is 0 Å². The summed E-state index contributed by atoms with van der Waals surface area (Å²) in [6.45, 7) is 5.68. The number of hydrogen-bond acceptors (Lipinski definition) is 7. The summed E-state index contributed by atoms with van der Waals surface area (Å²) in [6, 6.07) is 0. The number of aromatic nitrogens is 4. The fourth-order valence-corrected chi connectivity index (χ4v) is 2.17. The molecule has 6 nitrogen and oxygen atoms in total. The molecule has 0 atom stereocenters. The van der Waals surface area contributed by atoms with Crippen molar-refractivity contribution in [3.63, 3.8) is 0 Å². The Labute approximate surface area is 109 Å². The second-order valence-electron chi connectivity index (χ2n) is 3.84. The molecule has 3 N–H and O–H groups in total. The number of hydrogen-bond donors (Lipinski definition) is 2. The molecule has 18 heavy (non-hydrogen) atoms. The molecule has 2 aromatic heterocycles. The molecule has 0 saturated carbocycles. The highest BCUT2D eigenvalue weighted by Crippen LogP contribution is 2.28. The molecule has 0 bridgehead atoms. The highest BCUT2D eigenvalue weighted by molar-refractivity contribution is 7.99. The molecule has 0 aliphatic heterocycles. The molecule has 2 heterocycles. The van der Waals surface area contributed by atoms with Gasteiger partial charge in [0.05, 0.1) is 0 Å². The van der Waals surface area contributed by atoms with Crippen LogP contribution in [0.2, 0.25) is 0 Å². The maximum absolute atomic E-state index is 5.42. The van der Waals surface area contributed by atoms with Crippen LogP contribution in [0.4, 0.5) is 5.82 Å². The molecule has 0 unspecified atom stereocenters.